The summed E-state index contributed by atoms with van der Waals surface area (Å²) in [7, 11) is 0. The third kappa shape index (κ3) is 3.59. The van der Waals surface area contributed by atoms with Crippen LogP contribution < -0.4 is 0 Å². The number of aromatic nitrogens is 1. The first kappa shape index (κ1) is 11.5. The lowest BCUT2D eigenvalue weighted by atomic mass is 9.95. The van der Waals surface area contributed by atoms with E-state index in [4.69, 9.17) is 5.26 Å². The molecule has 80 valence electrons. The predicted octanol–water partition coefficient (Wildman–Crippen LogP) is 2.70. The summed E-state index contributed by atoms with van der Waals surface area (Å²) in [6.07, 6.45) is 4.52. The standard InChI is InChI=1S/C12H16N2O/c1-10(2)7-11(9-13)8-12(15)14-5-3-4-6-14/h3-6,10-11H,7-8H2,1-2H3/t11-/m0/s1. The average molecular weight is 204 g/mol. The van der Waals surface area contributed by atoms with Crippen LogP contribution in [0.4, 0.5) is 0 Å². The van der Waals surface area contributed by atoms with E-state index in [2.05, 4.69) is 19.9 Å². The molecule has 1 aromatic heterocycles. The Labute approximate surface area is 90.3 Å². The van der Waals surface area contributed by atoms with Gasteiger partial charge in [0.05, 0.1) is 12.0 Å². The molecule has 0 aliphatic rings. The van der Waals surface area contributed by atoms with Crippen LogP contribution in [0.25, 0.3) is 0 Å². The molecule has 15 heavy (non-hydrogen) atoms. The van der Waals surface area contributed by atoms with Gasteiger partial charge in [-0.05, 0) is 24.5 Å². The third-order valence-corrected chi connectivity index (χ3v) is 2.25. The van der Waals surface area contributed by atoms with Crippen LogP contribution in [0.2, 0.25) is 0 Å². The predicted molar refractivity (Wildman–Crippen MR) is 58.2 cm³/mol. The van der Waals surface area contributed by atoms with Crippen LogP contribution in [0.3, 0.4) is 0 Å². The van der Waals surface area contributed by atoms with Crippen molar-refractivity contribution in [1.29, 1.82) is 5.26 Å². The lowest BCUT2D eigenvalue weighted by Gasteiger charge is -2.10. The summed E-state index contributed by atoms with van der Waals surface area (Å²) in [4.78, 5) is 11.7. The third-order valence-electron chi connectivity index (χ3n) is 2.25. The van der Waals surface area contributed by atoms with Gasteiger partial charge < -0.3 is 0 Å². The molecule has 1 heterocycles. The number of hydrogen-bond acceptors (Lipinski definition) is 2. The molecule has 3 nitrogen and oxygen atoms in total. The normalized spacial score (nSPS) is 12.4. The van der Waals surface area contributed by atoms with E-state index >= 15 is 0 Å². The molecule has 0 aliphatic carbocycles. The monoisotopic (exact) mass is 204 g/mol. The fourth-order valence-corrected chi connectivity index (χ4v) is 1.57. The van der Waals surface area contributed by atoms with E-state index in [0.29, 0.717) is 12.3 Å². The maximum atomic E-state index is 11.7. The van der Waals surface area contributed by atoms with E-state index in [0.717, 1.165) is 6.42 Å². The number of carbonyl (C=O) groups excluding carboxylic acids is 1. The molecular weight excluding hydrogens is 188 g/mol. The molecule has 0 aromatic carbocycles. The van der Waals surface area contributed by atoms with Crippen molar-refractivity contribution in [1.82, 2.24) is 4.57 Å². The minimum Gasteiger partial charge on any atom is -0.295 e. The SMILES string of the molecule is CC(C)C[C@H](C#N)CC(=O)n1cccc1. The highest BCUT2D eigenvalue weighted by atomic mass is 16.1. The van der Waals surface area contributed by atoms with Crippen LogP contribution in [0.1, 0.15) is 31.5 Å². The van der Waals surface area contributed by atoms with Crippen molar-refractivity contribution in [3.63, 3.8) is 0 Å². The molecule has 0 spiro atoms. The maximum Gasteiger partial charge on any atom is 0.231 e. The molecule has 0 amide bonds. The largest absolute Gasteiger partial charge is 0.295 e. The molecule has 1 aromatic rings. The minimum absolute atomic E-state index is 0.00722. The highest BCUT2D eigenvalue weighted by molar-refractivity contribution is 5.79. The second kappa shape index (κ2) is 5.35. The van der Waals surface area contributed by atoms with Crippen LogP contribution in [-0.4, -0.2) is 10.5 Å². The summed E-state index contributed by atoms with van der Waals surface area (Å²) in [5.74, 6) is 0.277. The minimum atomic E-state index is -0.167. The van der Waals surface area contributed by atoms with Gasteiger partial charge in [0.15, 0.2) is 0 Å². The summed E-state index contributed by atoms with van der Waals surface area (Å²) in [5, 5.41) is 8.91. The van der Waals surface area contributed by atoms with Crippen LogP contribution >= 0.6 is 0 Å². The van der Waals surface area contributed by atoms with Crippen molar-refractivity contribution in [2.75, 3.05) is 0 Å². The zero-order chi connectivity index (χ0) is 11.3. The van der Waals surface area contributed by atoms with Gasteiger partial charge in [-0.1, -0.05) is 13.8 Å². The molecular formula is C12H16N2O. The zero-order valence-corrected chi connectivity index (χ0v) is 9.18. The number of carbonyl (C=O) groups is 1. The maximum absolute atomic E-state index is 11.7. The fourth-order valence-electron chi connectivity index (χ4n) is 1.57. The molecule has 0 bridgehead atoms. The Bertz CT molecular complexity index is 346. The second-order valence-corrected chi connectivity index (χ2v) is 4.14. The van der Waals surface area contributed by atoms with E-state index in [1.165, 1.54) is 4.57 Å². The molecule has 3 heteroatoms. The highest BCUT2D eigenvalue weighted by Crippen LogP contribution is 2.15. The molecule has 0 unspecified atom stereocenters. The first-order valence-electron chi connectivity index (χ1n) is 5.19. The molecule has 0 N–H and O–H groups in total. The van der Waals surface area contributed by atoms with Gasteiger partial charge in [-0.2, -0.15) is 5.26 Å². The van der Waals surface area contributed by atoms with Gasteiger partial charge in [0, 0.05) is 18.8 Å². The molecule has 0 aliphatic heterocycles. The molecule has 1 atom stereocenters. The van der Waals surface area contributed by atoms with Crippen LogP contribution in [0.15, 0.2) is 24.5 Å². The van der Waals surface area contributed by atoms with Gasteiger partial charge in [-0.15, -0.1) is 0 Å². The summed E-state index contributed by atoms with van der Waals surface area (Å²) >= 11 is 0. The molecule has 1 rings (SSSR count). The van der Waals surface area contributed by atoms with Crippen LogP contribution in [0, 0.1) is 23.2 Å². The zero-order valence-electron chi connectivity index (χ0n) is 9.18. The lowest BCUT2D eigenvalue weighted by Crippen LogP contribution is -2.14. The van der Waals surface area contributed by atoms with Gasteiger partial charge in [0.25, 0.3) is 0 Å². The second-order valence-electron chi connectivity index (χ2n) is 4.14. The molecule has 0 fully saturated rings. The fraction of sp³-hybridized carbons (Fsp3) is 0.500. The highest BCUT2D eigenvalue weighted by Gasteiger charge is 2.15. The number of hydrogen-bond donors (Lipinski definition) is 0. The molecule has 0 radical (unpaired) electrons. The van der Waals surface area contributed by atoms with E-state index in [-0.39, 0.29) is 11.8 Å². The molecule has 0 saturated heterocycles. The number of nitriles is 1. The Morgan fingerprint density at radius 2 is 2.00 bits per heavy atom. The average Bonchev–Trinajstić information content (AvgIpc) is 2.68. The Balaban J connectivity index is 2.53. The number of nitrogens with zero attached hydrogens (tertiary/aromatic N) is 2. The lowest BCUT2D eigenvalue weighted by molar-refractivity contribution is 0.0886. The van der Waals surface area contributed by atoms with Crippen molar-refractivity contribution in [2.24, 2.45) is 11.8 Å². The Hall–Kier alpha value is -1.56. The number of rotatable bonds is 4. The van der Waals surface area contributed by atoms with Gasteiger partial charge in [-0.25, -0.2) is 0 Å². The van der Waals surface area contributed by atoms with Crippen molar-refractivity contribution in [3.8, 4) is 6.07 Å². The van der Waals surface area contributed by atoms with Gasteiger partial charge in [0.2, 0.25) is 5.91 Å². The van der Waals surface area contributed by atoms with E-state index in [1.807, 2.05) is 12.1 Å². The Kier molecular flexibility index (Phi) is 4.11. The summed E-state index contributed by atoms with van der Waals surface area (Å²) in [5.41, 5.74) is 0. The van der Waals surface area contributed by atoms with Crippen molar-refractivity contribution in [3.05, 3.63) is 24.5 Å². The first-order chi connectivity index (χ1) is 7.13. The first-order valence-corrected chi connectivity index (χ1v) is 5.19. The Morgan fingerprint density at radius 3 is 2.47 bits per heavy atom. The van der Waals surface area contributed by atoms with Crippen LogP contribution in [0.5, 0.6) is 0 Å². The summed E-state index contributed by atoms with van der Waals surface area (Å²) in [6.45, 7) is 4.12. The van der Waals surface area contributed by atoms with Crippen molar-refractivity contribution in [2.45, 2.75) is 26.7 Å². The van der Waals surface area contributed by atoms with E-state index < -0.39 is 0 Å². The topological polar surface area (TPSA) is 45.8 Å². The van der Waals surface area contributed by atoms with Crippen LogP contribution in [-0.2, 0) is 0 Å². The Morgan fingerprint density at radius 1 is 1.40 bits per heavy atom. The van der Waals surface area contributed by atoms with Gasteiger partial charge in [-0.3, -0.25) is 9.36 Å². The summed E-state index contributed by atoms with van der Waals surface area (Å²) in [6, 6.07) is 5.81. The van der Waals surface area contributed by atoms with Crippen molar-refractivity contribution >= 4 is 5.91 Å². The molecule has 0 saturated carbocycles. The smallest absolute Gasteiger partial charge is 0.231 e. The summed E-state index contributed by atoms with van der Waals surface area (Å²) < 4.78 is 1.53. The van der Waals surface area contributed by atoms with E-state index in [9.17, 15) is 4.79 Å². The van der Waals surface area contributed by atoms with Gasteiger partial charge >= 0.3 is 0 Å². The quantitative estimate of drug-likeness (QED) is 0.757. The van der Waals surface area contributed by atoms with Gasteiger partial charge in [0.1, 0.15) is 0 Å². The van der Waals surface area contributed by atoms with E-state index in [1.54, 1.807) is 12.4 Å². The van der Waals surface area contributed by atoms with Crippen molar-refractivity contribution < 1.29 is 4.79 Å².